The lowest BCUT2D eigenvalue weighted by Crippen LogP contribution is -1.92. The number of H-pyrrole nitrogens is 1. The van der Waals surface area contributed by atoms with Crippen molar-refractivity contribution in [2.45, 2.75) is 0 Å². The number of hydrogen-bond acceptors (Lipinski definition) is 5. The van der Waals surface area contributed by atoms with Crippen molar-refractivity contribution in [2.24, 2.45) is 0 Å². The summed E-state index contributed by atoms with van der Waals surface area (Å²) in [5.74, 6) is 1.04. The van der Waals surface area contributed by atoms with Crippen LogP contribution in [0.3, 0.4) is 0 Å². The zero-order chi connectivity index (χ0) is 17.2. The van der Waals surface area contributed by atoms with Crippen LogP contribution < -0.4 is 9.47 Å². The molecule has 0 atom stereocenters. The van der Waals surface area contributed by atoms with Crippen molar-refractivity contribution in [3.8, 4) is 28.8 Å². The summed E-state index contributed by atoms with van der Waals surface area (Å²) in [4.78, 5) is 8.54. The van der Waals surface area contributed by atoms with Crippen LogP contribution in [-0.2, 0) is 0 Å². The fraction of sp³-hybridized carbons (Fsp3) is 0.0556. The van der Waals surface area contributed by atoms with Crippen molar-refractivity contribution in [1.29, 1.82) is 0 Å². The molecule has 4 rings (SSSR count). The van der Waals surface area contributed by atoms with Gasteiger partial charge in [0.15, 0.2) is 5.65 Å². The van der Waals surface area contributed by atoms with E-state index in [0.717, 1.165) is 16.7 Å². The van der Waals surface area contributed by atoms with Gasteiger partial charge < -0.3 is 9.47 Å². The molecular formula is C18H13FN4O2. The summed E-state index contributed by atoms with van der Waals surface area (Å²) < 4.78 is 23.8. The monoisotopic (exact) mass is 336 g/mol. The number of fused-ring (bicyclic) bond motifs is 1. The highest BCUT2D eigenvalue weighted by Crippen LogP contribution is 2.27. The number of methoxy groups -OCH3 is 1. The lowest BCUT2D eigenvalue weighted by molar-refractivity contribution is 0.411. The maximum absolute atomic E-state index is 13.1. The Labute approximate surface area is 142 Å². The van der Waals surface area contributed by atoms with E-state index in [4.69, 9.17) is 9.47 Å². The van der Waals surface area contributed by atoms with Gasteiger partial charge in [0.25, 0.3) is 0 Å². The SMILES string of the molecule is COc1ccc(Oc2ncc3c(-c4ccc(F)cc4)n[nH]c3n2)cc1. The molecule has 2 aromatic carbocycles. The van der Waals surface area contributed by atoms with Crippen molar-refractivity contribution in [3.63, 3.8) is 0 Å². The Morgan fingerprint density at radius 2 is 1.68 bits per heavy atom. The first-order valence-electron chi connectivity index (χ1n) is 7.52. The van der Waals surface area contributed by atoms with Crippen LogP contribution in [0.2, 0.25) is 0 Å². The number of rotatable bonds is 4. The van der Waals surface area contributed by atoms with E-state index in [-0.39, 0.29) is 11.8 Å². The molecule has 0 aliphatic heterocycles. The molecule has 6 nitrogen and oxygen atoms in total. The van der Waals surface area contributed by atoms with Gasteiger partial charge >= 0.3 is 6.01 Å². The highest BCUT2D eigenvalue weighted by molar-refractivity contribution is 5.90. The van der Waals surface area contributed by atoms with Crippen molar-refractivity contribution >= 4 is 11.0 Å². The minimum Gasteiger partial charge on any atom is -0.497 e. The second-order valence-corrected chi connectivity index (χ2v) is 5.27. The average Bonchev–Trinajstić information content (AvgIpc) is 3.06. The molecule has 2 heterocycles. The van der Waals surface area contributed by atoms with Gasteiger partial charge in [-0.05, 0) is 48.5 Å². The topological polar surface area (TPSA) is 72.9 Å². The number of nitrogens with zero attached hydrogens (tertiary/aromatic N) is 3. The van der Waals surface area contributed by atoms with Crippen LogP contribution in [0.4, 0.5) is 4.39 Å². The molecule has 0 fully saturated rings. The fourth-order valence-electron chi connectivity index (χ4n) is 2.42. The molecule has 2 aromatic heterocycles. The van der Waals surface area contributed by atoms with E-state index in [1.54, 1.807) is 49.7 Å². The smallest absolute Gasteiger partial charge is 0.323 e. The average molecular weight is 336 g/mol. The van der Waals surface area contributed by atoms with Crippen molar-refractivity contribution in [1.82, 2.24) is 20.2 Å². The highest BCUT2D eigenvalue weighted by atomic mass is 19.1. The Morgan fingerprint density at radius 3 is 2.40 bits per heavy atom. The quantitative estimate of drug-likeness (QED) is 0.611. The largest absolute Gasteiger partial charge is 0.497 e. The Morgan fingerprint density at radius 1 is 0.960 bits per heavy atom. The molecule has 0 aliphatic carbocycles. The summed E-state index contributed by atoms with van der Waals surface area (Å²) in [6.07, 6.45) is 1.63. The summed E-state index contributed by atoms with van der Waals surface area (Å²) >= 11 is 0. The van der Waals surface area contributed by atoms with E-state index in [1.807, 2.05) is 0 Å². The number of nitrogens with one attached hydrogen (secondary N) is 1. The molecule has 7 heteroatoms. The number of halogens is 1. The molecule has 25 heavy (non-hydrogen) atoms. The third-order valence-electron chi connectivity index (χ3n) is 3.68. The van der Waals surface area contributed by atoms with Crippen LogP contribution >= 0.6 is 0 Å². The van der Waals surface area contributed by atoms with Gasteiger partial charge in [0.2, 0.25) is 0 Å². The Balaban J connectivity index is 1.63. The number of hydrogen-bond donors (Lipinski definition) is 1. The Bertz CT molecular complexity index is 1010. The third kappa shape index (κ3) is 2.99. The molecule has 0 radical (unpaired) electrons. The first-order valence-corrected chi connectivity index (χ1v) is 7.52. The van der Waals surface area contributed by atoms with Gasteiger partial charge in [-0.2, -0.15) is 10.1 Å². The molecule has 0 amide bonds. The lowest BCUT2D eigenvalue weighted by Gasteiger charge is -2.04. The van der Waals surface area contributed by atoms with Crippen LogP contribution in [0.5, 0.6) is 17.5 Å². The predicted molar refractivity (Wildman–Crippen MR) is 90.1 cm³/mol. The van der Waals surface area contributed by atoms with E-state index in [1.165, 1.54) is 12.1 Å². The van der Waals surface area contributed by atoms with Gasteiger partial charge in [-0.25, -0.2) is 9.37 Å². The van der Waals surface area contributed by atoms with Gasteiger partial charge in [-0.1, -0.05) is 0 Å². The van der Waals surface area contributed by atoms with E-state index >= 15 is 0 Å². The van der Waals surface area contributed by atoms with Crippen LogP contribution in [-0.4, -0.2) is 27.3 Å². The third-order valence-corrected chi connectivity index (χ3v) is 3.68. The normalized spacial score (nSPS) is 10.8. The maximum Gasteiger partial charge on any atom is 0.323 e. The number of ether oxygens (including phenoxy) is 2. The van der Waals surface area contributed by atoms with Gasteiger partial charge in [-0.3, -0.25) is 5.10 Å². The molecule has 0 unspecified atom stereocenters. The Kier molecular flexibility index (Phi) is 3.74. The molecule has 0 saturated carbocycles. The van der Waals surface area contributed by atoms with Crippen LogP contribution in [0.1, 0.15) is 0 Å². The Hall–Kier alpha value is -3.48. The lowest BCUT2D eigenvalue weighted by atomic mass is 10.1. The van der Waals surface area contributed by atoms with E-state index in [9.17, 15) is 4.39 Å². The predicted octanol–water partition coefficient (Wildman–Crippen LogP) is 3.96. The zero-order valence-electron chi connectivity index (χ0n) is 13.2. The summed E-state index contributed by atoms with van der Waals surface area (Å²) in [6, 6.07) is 13.4. The van der Waals surface area contributed by atoms with Crippen LogP contribution in [0.15, 0.2) is 54.7 Å². The summed E-state index contributed by atoms with van der Waals surface area (Å²) in [5, 5.41) is 7.83. The summed E-state index contributed by atoms with van der Waals surface area (Å²) in [7, 11) is 1.60. The second kappa shape index (κ2) is 6.20. The van der Waals surface area contributed by atoms with Crippen LogP contribution in [0.25, 0.3) is 22.3 Å². The fourth-order valence-corrected chi connectivity index (χ4v) is 2.42. The number of aromatic amines is 1. The molecule has 0 spiro atoms. The second-order valence-electron chi connectivity index (χ2n) is 5.27. The van der Waals surface area contributed by atoms with E-state index < -0.39 is 0 Å². The molecule has 0 bridgehead atoms. The first-order chi connectivity index (χ1) is 12.2. The maximum atomic E-state index is 13.1. The standard InChI is InChI=1S/C18H13FN4O2/c1-24-13-6-8-14(9-7-13)25-18-20-10-15-16(22-23-17(15)21-18)11-2-4-12(19)5-3-11/h2-10H,1H3,(H,20,21,22,23). The van der Waals surface area contributed by atoms with Crippen molar-refractivity contribution < 1.29 is 13.9 Å². The molecule has 1 N–H and O–H groups in total. The molecular weight excluding hydrogens is 323 g/mol. The van der Waals surface area contributed by atoms with Crippen LogP contribution in [0, 0.1) is 5.82 Å². The number of benzene rings is 2. The zero-order valence-corrected chi connectivity index (χ0v) is 13.2. The van der Waals surface area contributed by atoms with Gasteiger partial charge in [0.05, 0.1) is 12.5 Å². The van der Waals surface area contributed by atoms with E-state index in [0.29, 0.717) is 17.1 Å². The van der Waals surface area contributed by atoms with Gasteiger partial charge in [-0.15, -0.1) is 0 Å². The minimum atomic E-state index is -0.296. The molecule has 124 valence electrons. The van der Waals surface area contributed by atoms with Crippen molar-refractivity contribution in [3.05, 3.63) is 60.5 Å². The van der Waals surface area contributed by atoms with Crippen molar-refractivity contribution in [2.75, 3.05) is 7.11 Å². The van der Waals surface area contributed by atoms with Gasteiger partial charge in [0.1, 0.15) is 23.0 Å². The molecule has 4 aromatic rings. The number of aromatic nitrogens is 4. The molecule has 0 saturated heterocycles. The summed E-state index contributed by atoms with van der Waals surface area (Å²) in [5.41, 5.74) is 1.98. The first kappa shape index (κ1) is 15.1. The minimum absolute atomic E-state index is 0.201. The van der Waals surface area contributed by atoms with E-state index in [2.05, 4.69) is 20.2 Å². The van der Waals surface area contributed by atoms with Gasteiger partial charge in [0, 0.05) is 11.8 Å². The summed E-state index contributed by atoms with van der Waals surface area (Å²) in [6.45, 7) is 0. The molecule has 0 aliphatic rings. The highest BCUT2D eigenvalue weighted by Gasteiger charge is 2.12.